The molecule has 0 aliphatic carbocycles. The number of halogens is 2. The SMILES string of the molecule is O=C(O)OC1CCOc2cc(Oc3ccc(C(=O)NCCc4ccc(Cl)cc4)cc3[N+](=O)[O-])c(Cl)cc21. The van der Waals surface area contributed by atoms with Crippen LogP contribution >= 0.6 is 23.2 Å². The molecule has 12 heteroatoms. The molecule has 0 spiro atoms. The Hall–Kier alpha value is -4.02. The average molecular weight is 547 g/mol. The predicted octanol–water partition coefficient (Wildman–Crippen LogP) is 6.18. The van der Waals surface area contributed by atoms with Crippen LogP contribution in [-0.2, 0) is 11.2 Å². The van der Waals surface area contributed by atoms with Crippen molar-refractivity contribution >= 4 is 41.0 Å². The van der Waals surface area contributed by atoms with Crippen molar-refractivity contribution < 1.29 is 33.8 Å². The van der Waals surface area contributed by atoms with E-state index >= 15 is 0 Å². The third kappa shape index (κ3) is 6.41. The Labute approximate surface area is 220 Å². The van der Waals surface area contributed by atoms with Gasteiger partial charge in [-0.25, -0.2) is 4.79 Å². The summed E-state index contributed by atoms with van der Waals surface area (Å²) in [6.07, 6.45) is -1.33. The largest absolute Gasteiger partial charge is 0.506 e. The van der Waals surface area contributed by atoms with Crippen molar-refractivity contribution in [2.75, 3.05) is 13.2 Å². The van der Waals surface area contributed by atoms with E-state index in [2.05, 4.69) is 5.32 Å². The molecule has 3 aromatic carbocycles. The highest BCUT2D eigenvalue weighted by Gasteiger charge is 2.28. The third-order valence-electron chi connectivity index (χ3n) is 5.54. The van der Waals surface area contributed by atoms with Gasteiger partial charge >= 0.3 is 11.8 Å². The van der Waals surface area contributed by atoms with Crippen molar-refractivity contribution in [3.63, 3.8) is 0 Å². The molecular weight excluding hydrogens is 527 g/mol. The van der Waals surface area contributed by atoms with Gasteiger partial charge in [-0.1, -0.05) is 35.3 Å². The van der Waals surface area contributed by atoms with Gasteiger partial charge in [-0.3, -0.25) is 14.9 Å². The normalized spacial score (nSPS) is 14.2. The zero-order valence-corrected chi connectivity index (χ0v) is 20.6. The maximum absolute atomic E-state index is 12.6. The molecular formula is C25H20Cl2N2O8. The summed E-state index contributed by atoms with van der Waals surface area (Å²) in [7, 11) is 0. The molecule has 1 aliphatic rings. The highest BCUT2D eigenvalue weighted by molar-refractivity contribution is 6.32. The Balaban J connectivity index is 1.49. The quantitative estimate of drug-likeness (QED) is 0.194. The Morgan fingerprint density at radius 3 is 2.57 bits per heavy atom. The van der Waals surface area contributed by atoms with Crippen LogP contribution in [0.1, 0.15) is 34.0 Å². The molecule has 192 valence electrons. The number of nitro benzene ring substituents is 1. The number of hydrogen-bond donors (Lipinski definition) is 2. The summed E-state index contributed by atoms with van der Waals surface area (Å²) < 4.78 is 16.2. The Bertz CT molecular complexity index is 1350. The second-order valence-electron chi connectivity index (χ2n) is 8.00. The molecule has 0 aromatic heterocycles. The fourth-order valence-electron chi connectivity index (χ4n) is 3.76. The Morgan fingerprint density at radius 2 is 1.86 bits per heavy atom. The molecule has 0 radical (unpaired) electrons. The van der Waals surface area contributed by atoms with Crippen molar-refractivity contribution in [3.8, 4) is 17.2 Å². The maximum atomic E-state index is 12.6. The molecule has 2 N–H and O–H groups in total. The number of rotatable bonds is 8. The number of carbonyl (C=O) groups is 2. The van der Waals surface area contributed by atoms with Gasteiger partial charge in [0.25, 0.3) is 5.91 Å². The summed E-state index contributed by atoms with van der Waals surface area (Å²) in [5, 5.41) is 24.1. The van der Waals surface area contributed by atoms with Crippen molar-refractivity contribution in [1.29, 1.82) is 0 Å². The first-order chi connectivity index (χ1) is 17.7. The molecule has 1 amide bonds. The number of benzene rings is 3. The van der Waals surface area contributed by atoms with E-state index in [1.165, 1.54) is 24.3 Å². The molecule has 0 bridgehead atoms. The van der Waals surface area contributed by atoms with Crippen molar-refractivity contribution in [1.82, 2.24) is 5.32 Å². The van der Waals surface area contributed by atoms with Crippen LogP contribution in [0.15, 0.2) is 54.6 Å². The van der Waals surface area contributed by atoms with E-state index in [0.717, 1.165) is 11.6 Å². The van der Waals surface area contributed by atoms with Gasteiger partial charge in [-0.05, 0) is 42.3 Å². The smallest absolute Gasteiger partial charge is 0.493 e. The fourth-order valence-corrected chi connectivity index (χ4v) is 4.10. The summed E-state index contributed by atoms with van der Waals surface area (Å²) in [4.78, 5) is 34.6. The first-order valence-electron chi connectivity index (χ1n) is 11.1. The number of nitro groups is 1. The zero-order chi connectivity index (χ0) is 26.5. The van der Waals surface area contributed by atoms with Crippen LogP contribution < -0.4 is 14.8 Å². The average Bonchev–Trinajstić information content (AvgIpc) is 2.86. The zero-order valence-electron chi connectivity index (χ0n) is 19.1. The summed E-state index contributed by atoms with van der Waals surface area (Å²) in [6.45, 7) is 0.526. The molecule has 10 nitrogen and oxygen atoms in total. The van der Waals surface area contributed by atoms with Gasteiger partial charge in [0.2, 0.25) is 5.75 Å². The molecule has 0 saturated carbocycles. The molecule has 0 fully saturated rings. The Kier molecular flexibility index (Phi) is 8.00. The number of ether oxygens (including phenoxy) is 3. The van der Waals surface area contributed by atoms with Crippen molar-refractivity contribution in [3.05, 3.63) is 91.4 Å². The number of hydrogen-bond acceptors (Lipinski definition) is 7. The third-order valence-corrected chi connectivity index (χ3v) is 6.09. The van der Waals surface area contributed by atoms with Gasteiger partial charge in [0.15, 0.2) is 0 Å². The highest BCUT2D eigenvalue weighted by Crippen LogP contribution is 2.43. The van der Waals surface area contributed by atoms with Crippen LogP contribution in [0, 0.1) is 10.1 Å². The molecule has 1 atom stereocenters. The molecule has 0 saturated heterocycles. The molecule has 37 heavy (non-hydrogen) atoms. The standard InChI is InChI=1S/C25H20Cl2N2O8/c26-16-4-1-14(2-5-16)7-9-28-24(30)15-3-6-21(19(11-15)29(33)34)36-23-13-22-17(12-18(23)27)20(8-10-35-22)37-25(31)32/h1-6,11-13,20H,7-10H2,(H,28,30)(H,31,32). The number of carbonyl (C=O) groups excluding carboxylic acids is 1. The molecule has 1 heterocycles. The van der Waals surface area contributed by atoms with E-state index in [1.54, 1.807) is 12.1 Å². The van der Waals surface area contributed by atoms with Gasteiger partial charge in [0, 0.05) is 41.2 Å². The minimum Gasteiger partial charge on any atom is -0.493 e. The lowest BCUT2D eigenvalue weighted by Crippen LogP contribution is -2.25. The van der Waals surface area contributed by atoms with E-state index in [9.17, 15) is 19.7 Å². The lowest BCUT2D eigenvalue weighted by atomic mass is 10.0. The topological polar surface area (TPSA) is 137 Å². The maximum Gasteiger partial charge on any atom is 0.506 e. The number of nitrogens with zero attached hydrogens (tertiary/aromatic N) is 1. The summed E-state index contributed by atoms with van der Waals surface area (Å²) in [5.74, 6) is -0.275. The van der Waals surface area contributed by atoms with Crippen LogP contribution in [0.2, 0.25) is 10.0 Å². The minimum absolute atomic E-state index is 0.0552. The summed E-state index contributed by atoms with van der Waals surface area (Å²) >= 11 is 12.2. The van der Waals surface area contributed by atoms with E-state index in [1.807, 2.05) is 12.1 Å². The first-order valence-corrected chi connectivity index (χ1v) is 11.8. The summed E-state index contributed by atoms with van der Waals surface area (Å²) in [6, 6.07) is 13.9. The van der Waals surface area contributed by atoms with E-state index in [0.29, 0.717) is 30.0 Å². The highest BCUT2D eigenvalue weighted by atomic mass is 35.5. The molecule has 3 aromatic rings. The molecule has 1 aliphatic heterocycles. The Morgan fingerprint density at radius 1 is 1.11 bits per heavy atom. The van der Waals surface area contributed by atoms with Gasteiger partial charge in [0.1, 0.15) is 17.6 Å². The number of fused-ring (bicyclic) bond motifs is 1. The molecule has 1 unspecified atom stereocenters. The van der Waals surface area contributed by atoms with Gasteiger partial charge < -0.3 is 24.6 Å². The lowest BCUT2D eigenvalue weighted by molar-refractivity contribution is -0.385. The first kappa shape index (κ1) is 26.1. The van der Waals surface area contributed by atoms with Crippen molar-refractivity contribution in [2.45, 2.75) is 18.9 Å². The van der Waals surface area contributed by atoms with Crippen molar-refractivity contribution in [2.24, 2.45) is 0 Å². The minimum atomic E-state index is -1.43. The fraction of sp³-hybridized carbons (Fsp3) is 0.200. The molecule has 4 rings (SSSR count). The van der Waals surface area contributed by atoms with Crippen LogP contribution in [0.4, 0.5) is 10.5 Å². The van der Waals surface area contributed by atoms with E-state index in [4.69, 9.17) is 42.5 Å². The van der Waals surface area contributed by atoms with Gasteiger partial charge in [0.05, 0.1) is 16.6 Å². The lowest BCUT2D eigenvalue weighted by Gasteiger charge is -2.25. The predicted molar refractivity (Wildman–Crippen MR) is 134 cm³/mol. The van der Waals surface area contributed by atoms with E-state index in [-0.39, 0.29) is 34.4 Å². The summed E-state index contributed by atoms with van der Waals surface area (Å²) in [5.41, 5.74) is 1.05. The number of carboxylic acid groups (broad SMARTS) is 1. The second kappa shape index (κ2) is 11.4. The van der Waals surface area contributed by atoms with Crippen LogP contribution in [-0.4, -0.2) is 35.2 Å². The van der Waals surface area contributed by atoms with Crippen LogP contribution in [0.25, 0.3) is 0 Å². The number of amides is 1. The van der Waals surface area contributed by atoms with Gasteiger partial charge in [-0.2, -0.15) is 0 Å². The van der Waals surface area contributed by atoms with E-state index < -0.39 is 28.8 Å². The van der Waals surface area contributed by atoms with Gasteiger partial charge in [-0.15, -0.1) is 0 Å². The second-order valence-corrected chi connectivity index (χ2v) is 8.85. The monoisotopic (exact) mass is 546 g/mol. The number of nitrogens with one attached hydrogen (secondary N) is 1. The van der Waals surface area contributed by atoms with Crippen LogP contribution in [0.5, 0.6) is 17.2 Å². The van der Waals surface area contributed by atoms with Crippen LogP contribution in [0.3, 0.4) is 0 Å².